The smallest absolute Gasteiger partial charge is 0.310 e. The van der Waals surface area contributed by atoms with Crippen molar-refractivity contribution in [1.82, 2.24) is 0 Å². The lowest BCUT2D eigenvalue weighted by molar-refractivity contribution is -0.139. The molecule has 0 fully saturated rings. The van der Waals surface area contributed by atoms with Crippen molar-refractivity contribution in [3.8, 4) is 11.5 Å². The molecule has 0 radical (unpaired) electrons. The van der Waals surface area contributed by atoms with E-state index >= 15 is 0 Å². The first-order chi connectivity index (χ1) is 7.71. The van der Waals surface area contributed by atoms with Crippen LogP contribution in [0, 0.1) is 0 Å². The van der Waals surface area contributed by atoms with Crippen LogP contribution in [-0.2, 0) is 16.0 Å². The standard InChI is InChI=1S/C12H16O4/c1-4-16-10-5-6-11(14-2)9(7-10)8-12(13)15-3/h5-7H,4,8H2,1-3H3. The largest absolute Gasteiger partial charge is 0.496 e. The van der Waals surface area contributed by atoms with Crippen LogP contribution in [0.2, 0.25) is 0 Å². The zero-order chi connectivity index (χ0) is 12.0. The van der Waals surface area contributed by atoms with E-state index in [0.29, 0.717) is 12.4 Å². The fourth-order valence-electron chi connectivity index (χ4n) is 1.38. The van der Waals surface area contributed by atoms with Crippen LogP contribution in [0.25, 0.3) is 0 Å². The van der Waals surface area contributed by atoms with E-state index in [1.807, 2.05) is 13.0 Å². The fourth-order valence-corrected chi connectivity index (χ4v) is 1.38. The summed E-state index contributed by atoms with van der Waals surface area (Å²) in [6.45, 7) is 2.49. The van der Waals surface area contributed by atoms with Crippen molar-refractivity contribution >= 4 is 5.97 Å². The lowest BCUT2D eigenvalue weighted by Gasteiger charge is -2.10. The summed E-state index contributed by atoms with van der Waals surface area (Å²) in [5.41, 5.74) is 0.764. The summed E-state index contributed by atoms with van der Waals surface area (Å²) < 4.78 is 15.1. The molecule has 1 aromatic rings. The lowest BCUT2D eigenvalue weighted by atomic mass is 10.1. The van der Waals surface area contributed by atoms with Crippen LogP contribution in [0.4, 0.5) is 0 Å². The van der Waals surface area contributed by atoms with Crippen molar-refractivity contribution in [3.05, 3.63) is 23.8 Å². The summed E-state index contributed by atoms with van der Waals surface area (Å²) in [4.78, 5) is 11.2. The highest BCUT2D eigenvalue weighted by Gasteiger charge is 2.10. The van der Waals surface area contributed by atoms with Crippen LogP contribution in [0.3, 0.4) is 0 Å². The van der Waals surface area contributed by atoms with Gasteiger partial charge in [0.05, 0.1) is 27.2 Å². The zero-order valence-corrected chi connectivity index (χ0v) is 9.78. The number of benzene rings is 1. The first kappa shape index (κ1) is 12.4. The molecule has 0 aromatic heterocycles. The second-order valence-corrected chi connectivity index (χ2v) is 3.16. The molecule has 0 unspecified atom stereocenters. The second-order valence-electron chi connectivity index (χ2n) is 3.16. The summed E-state index contributed by atoms with van der Waals surface area (Å²) in [6.07, 6.45) is 0.181. The van der Waals surface area contributed by atoms with Gasteiger partial charge in [-0.1, -0.05) is 0 Å². The van der Waals surface area contributed by atoms with Crippen molar-refractivity contribution in [1.29, 1.82) is 0 Å². The molecular formula is C12H16O4. The molecule has 1 rings (SSSR count). The Kier molecular flexibility index (Phi) is 4.64. The lowest BCUT2D eigenvalue weighted by Crippen LogP contribution is -2.06. The van der Waals surface area contributed by atoms with Gasteiger partial charge in [0, 0.05) is 5.56 Å². The minimum atomic E-state index is -0.299. The Morgan fingerprint density at radius 1 is 1.31 bits per heavy atom. The number of esters is 1. The molecule has 0 amide bonds. The number of ether oxygens (including phenoxy) is 3. The van der Waals surface area contributed by atoms with Crippen LogP contribution in [0.5, 0.6) is 11.5 Å². The first-order valence-electron chi connectivity index (χ1n) is 5.07. The highest BCUT2D eigenvalue weighted by molar-refractivity contribution is 5.73. The van der Waals surface area contributed by atoms with E-state index in [2.05, 4.69) is 4.74 Å². The minimum Gasteiger partial charge on any atom is -0.496 e. The Labute approximate surface area is 95.1 Å². The number of carbonyl (C=O) groups excluding carboxylic acids is 1. The number of rotatable bonds is 5. The van der Waals surface area contributed by atoms with Gasteiger partial charge in [-0.2, -0.15) is 0 Å². The second kappa shape index (κ2) is 6.00. The normalized spacial score (nSPS) is 9.69. The van der Waals surface area contributed by atoms with Crippen molar-refractivity contribution in [3.63, 3.8) is 0 Å². The summed E-state index contributed by atoms with van der Waals surface area (Å²) in [5.74, 6) is 1.09. The van der Waals surface area contributed by atoms with E-state index in [0.717, 1.165) is 11.3 Å². The van der Waals surface area contributed by atoms with Crippen LogP contribution in [-0.4, -0.2) is 26.8 Å². The van der Waals surface area contributed by atoms with E-state index < -0.39 is 0 Å². The van der Waals surface area contributed by atoms with Crippen LogP contribution >= 0.6 is 0 Å². The average Bonchev–Trinajstić information content (AvgIpc) is 2.30. The van der Waals surface area contributed by atoms with Gasteiger partial charge in [0.2, 0.25) is 0 Å². The fraction of sp³-hybridized carbons (Fsp3) is 0.417. The molecule has 0 atom stereocenters. The maximum Gasteiger partial charge on any atom is 0.310 e. The summed E-state index contributed by atoms with van der Waals surface area (Å²) in [7, 11) is 2.93. The molecule has 0 spiro atoms. The Balaban J connectivity index is 2.92. The Bertz CT molecular complexity index is 360. The van der Waals surface area contributed by atoms with Crippen molar-refractivity contribution in [2.45, 2.75) is 13.3 Å². The number of methoxy groups -OCH3 is 2. The molecule has 0 aliphatic heterocycles. The molecule has 0 saturated heterocycles. The Hall–Kier alpha value is -1.71. The maximum atomic E-state index is 11.2. The quantitative estimate of drug-likeness (QED) is 0.715. The molecule has 0 saturated carbocycles. The monoisotopic (exact) mass is 224 g/mol. The predicted molar refractivity (Wildman–Crippen MR) is 59.9 cm³/mol. The van der Waals surface area contributed by atoms with Gasteiger partial charge in [0.25, 0.3) is 0 Å². The molecule has 0 aliphatic carbocycles. The average molecular weight is 224 g/mol. The van der Waals surface area contributed by atoms with Crippen LogP contribution in [0.15, 0.2) is 18.2 Å². The summed E-state index contributed by atoms with van der Waals surface area (Å²) in [5, 5.41) is 0. The van der Waals surface area contributed by atoms with Gasteiger partial charge in [-0.15, -0.1) is 0 Å². The highest BCUT2D eigenvalue weighted by atomic mass is 16.5. The molecule has 4 heteroatoms. The van der Waals surface area contributed by atoms with E-state index in [4.69, 9.17) is 9.47 Å². The van der Waals surface area contributed by atoms with Crippen molar-refractivity contribution < 1.29 is 19.0 Å². The third-order valence-corrected chi connectivity index (χ3v) is 2.13. The molecule has 88 valence electrons. The molecule has 1 aromatic carbocycles. The number of hydrogen-bond donors (Lipinski definition) is 0. The van der Waals surface area contributed by atoms with E-state index in [-0.39, 0.29) is 12.4 Å². The van der Waals surface area contributed by atoms with Crippen LogP contribution in [0.1, 0.15) is 12.5 Å². The summed E-state index contributed by atoms with van der Waals surface area (Å²) in [6, 6.07) is 5.38. The third kappa shape index (κ3) is 3.15. The van der Waals surface area contributed by atoms with Gasteiger partial charge in [0.15, 0.2) is 0 Å². The minimum absolute atomic E-state index is 0.181. The van der Waals surface area contributed by atoms with Crippen molar-refractivity contribution in [2.24, 2.45) is 0 Å². The number of carbonyl (C=O) groups is 1. The van der Waals surface area contributed by atoms with Crippen LogP contribution < -0.4 is 9.47 Å². The van der Waals surface area contributed by atoms with Gasteiger partial charge in [-0.3, -0.25) is 4.79 Å². The Morgan fingerprint density at radius 3 is 2.62 bits per heavy atom. The molecule has 0 bridgehead atoms. The topological polar surface area (TPSA) is 44.8 Å². The van der Waals surface area contributed by atoms with Crippen molar-refractivity contribution in [2.75, 3.05) is 20.8 Å². The van der Waals surface area contributed by atoms with Gasteiger partial charge in [0.1, 0.15) is 11.5 Å². The first-order valence-corrected chi connectivity index (χ1v) is 5.07. The van der Waals surface area contributed by atoms with E-state index in [1.165, 1.54) is 7.11 Å². The molecule has 0 aliphatic rings. The molecule has 4 nitrogen and oxygen atoms in total. The van der Waals surface area contributed by atoms with Gasteiger partial charge < -0.3 is 14.2 Å². The predicted octanol–water partition coefficient (Wildman–Crippen LogP) is 1.81. The molecule has 0 heterocycles. The highest BCUT2D eigenvalue weighted by Crippen LogP contribution is 2.24. The Morgan fingerprint density at radius 2 is 2.06 bits per heavy atom. The zero-order valence-electron chi connectivity index (χ0n) is 9.78. The van der Waals surface area contributed by atoms with Gasteiger partial charge >= 0.3 is 5.97 Å². The third-order valence-electron chi connectivity index (χ3n) is 2.13. The van der Waals surface area contributed by atoms with E-state index in [1.54, 1.807) is 19.2 Å². The molecule has 0 N–H and O–H groups in total. The molecular weight excluding hydrogens is 208 g/mol. The number of hydrogen-bond acceptors (Lipinski definition) is 4. The van der Waals surface area contributed by atoms with E-state index in [9.17, 15) is 4.79 Å². The molecule has 16 heavy (non-hydrogen) atoms. The SMILES string of the molecule is CCOc1ccc(OC)c(CC(=O)OC)c1. The maximum absolute atomic E-state index is 11.2. The van der Waals surface area contributed by atoms with Gasteiger partial charge in [-0.25, -0.2) is 0 Å². The summed E-state index contributed by atoms with van der Waals surface area (Å²) >= 11 is 0. The van der Waals surface area contributed by atoms with Gasteiger partial charge in [-0.05, 0) is 25.1 Å².